The molecule has 0 bridgehead atoms. The second-order valence-electron chi connectivity index (χ2n) is 5.88. The van der Waals surface area contributed by atoms with Crippen LogP contribution in [-0.2, 0) is 9.53 Å². The normalized spacial score (nSPS) is 14.7. The van der Waals surface area contributed by atoms with Crippen molar-refractivity contribution in [2.24, 2.45) is 0 Å². The van der Waals surface area contributed by atoms with Gasteiger partial charge in [-0.05, 0) is 66.6 Å². The van der Waals surface area contributed by atoms with Crippen LogP contribution in [0.4, 0.5) is 0 Å². The van der Waals surface area contributed by atoms with Gasteiger partial charge in [0.05, 0.1) is 7.11 Å². The van der Waals surface area contributed by atoms with Gasteiger partial charge in [-0.2, -0.15) is 0 Å². The van der Waals surface area contributed by atoms with Gasteiger partial charge in [-0.3, -0.25) is 10.1 Å². The third kappa shape index (κ3) is 7.53. The summed E-state index contributed by atoms with van der Waals surface area (Å²) in [7, 11) is 3.60. The molecule has 0 amide bonds. The first kappa shape index (κ1) is 18.4. The molecule has 1 atom stereocenters. The van der Waals surface area contributed by atoms with E-state index in [1.807, 2.05) is 6.92 Å². The van der Waals surface area contributed by atoms with Crippen molar-refractivity contribution in [3.05, 3.63) is 0 Å². The third-order valence-electron chi connectivity index (χ3n) is 3.32. The lowest BCUT2D eigenvalue weighted by atomic mass is 9.93. The maximum Gasteiger partial charge on any atom is 0.325 e. The fraction of sp³-hybridized carbons (Fsp3) is 0.933. The van der Waals surface area contributed by atoms with Crippen LogP contribution in [-0.4, -0.2) is 49.7 Å². The molecule has 19 heavy (non-hydrogen) atoms. The van der Waals surface area contributed by atoms with Crippen LogP contribution in [0.3, 0.4) is 0 Å². The Hall–Kier alpha value is -0.610. The molecule has 0 saturated carbocycles. The van der Waals surface area contributed by atoms with Crippen LogP contribution >= 0.6 is 0 Å². The van der Waals surface area contributed by atoms with Crippen LogP contribution in [0.15, 0.2) is 0 Å². The van der Waals surface area contributed by atoms with Gasteiger partial charge in [0.1, 0.15) is 5.54 Å². The minimum absolute atomic E-state index is 0.164. The Morgan fingerprint density at radius 2 is 1.95 bits per heavy atom. The monoisotopic (exact) mass is 272 g/mol. The van der Waals surface area contributed by atoms with Crippen molar-refractivity contribution in [3.8, 4) is 0 Å². The molecule has 0 aromatic rings. The lowest BCUT2D eigenvalue weighted by molar-refractivity contribution is -0.148. The Balaban J connectivity index is 4.17. The molecule has 0 saturated heterocycles. The predicted octanol–water partition coefficient (Wildman–Crippen LogP) is 2.43. The number of methoxy groups -OCH3 is 1. The fourth-order valence-corrected chi connectivity index (χ4v) is 2.45. The first-order valence-corrected chi connectivity index (χ1v) is 7.40. The molecule has 0 aromatic carbocycles. The highest BCUT2D eigenvalue weighted by Crippen LogP contribution is 2.17. The van der Waals surface area contributed by atoms with Gasteiger partial charge >= 0.3 is 5.97 Å². The van der Waals surface area contributed by atoms with E-state index in [0.29, 0.717) is 0 Å². The van der Waals surface area contributed by atoms with Crippen molar-refractivity contribution in [2.75, 3.05) is 27.2 Å². The maximum atomic E-state index is 11.9. The first-order chi connectivity index (χ1) is 8.85. The quantitative estimate of drug-likeness (QED) is 0.490. The Labute approximate surface area is 118 Å². The van der Waals surface area contributed by atoms with Gasteiger partial charge in [0.25, 0.3) is 0 Å². The predicted molar refractivity (Wildman–Crippen MR) is 80.3 cm³/mol. The molecule has 0 aromatic heterocycles. The molecule has 0 aliphatic carbocycles. The van der Waals surface area contributed by atoms with Gasteiger partial charge in [-0.15, -0.1) is 0 Å². The van der Waals surface area contributed by atoms with Crippen molar-refractivity contribution in [1.82, 2.24) is 10.2 Å². The number of nitrogens with zero attached hydrogens (tertiary/aromatic N) is 1. The Morgan fingerprint density at radius 3 is 2.42 bits per heavy atom. The van der Waals surface area contributed by atoms with E-state index < -0.39 is 5.54 Å². The number of hydrogen-bond donors (Lipinski definition) is 1. The minimum atomic E-state index is -0.563. The Kier molecular flexibility index (Phi) is 9.02. The molecule has 0 aliphatic heterocycles. The molecule has 0 fully saturated rings. The van der Waals surface area contributed by atoms with E-state index in [-0.39, 0.29) is 12.0 Å². The summed E-state index contributed by atoms with van der Waals surface area (Å²) in [5.74, 6) is -0.164. The second kappa shape index (κ2) is 9.32. The molecule has 0 spiro atoms. The summed E-state index contributed by atoms with van der Waals surface area (Å²) >= 11 is 0. The van der Waals surface area contributed by atoms with Crippen LogP contribution in [0.1, 0.15) is 53.4 Å². The number of carbonyl (C=O) groups is 1. The molecular formula is C15H32N2O2. The van der Waals surface area contributed by atoms with Crippen molar-refractivity contribution in [3.63, 3.8) is 0 Å². The number of rotatable bonds is 10. The lowest BCUT2D eigenvalue weighted by Crippen LogP contribution is -2.52. The van der Waals surface area contributed by atoms with E-state index in [1.165, 1.54) is 13.5 Å². The van der Waals surface area contributed by atoms with Gasteiger partial charge in [0.15, 0.2) is 0 Å². The minimum Gasteiger partial charge on any atom is -0.468 e. The van der Waals surface area contributed by atoms with Gasteiger partial charge in [0, 0.05) is 6.04 Å². The topological polar surface area (TPSA) is 41.6 Å². The highest BCUT2D eigenvalue weighted by atomic mass is 16.5. The largest absolute Gasteiger partial charge is 0.468 e. The Bertz CT molecular complexity index is 257. The van der Waals surface area contributed by atoms with Crippen LogP contribution in [0.5, 0.6) is 0 Å². The van der Waals surface area contributed by atoms with Crippen molar-refractivity contribution in [1.29, 1.82) is 0 Å². The number of nitrogens with one attached hydrogen (secondary N) is 1. The summed E-state index contributed by atoms with van der Waals surface area (Å²) in [5, 5.41) is 3.33. The summed E-state index contributed by atoms with van der Waals surface area (Å²) in [4.78, 5) is 14.2. The molecule has 1 unspecified atom stereocenters. The van der Waals surface area contributed by atoms with Crippen LogP contribution in [0.2, 0.25) is 0 Å². The smallest absolute Gasteiger partial charge is 0.325 e. The van der Waals surface area contributed by atoms with E-state index in [9.17, 15) is 4.79 Å². The zero-order valence-electron chi connectivity index (χ0n) is 13.6. The summed E-state index contributed by atoms with van der Waals surface area (Å²) in [6, 6.07) is 0.270. The van der Waals surface area contributed by atoms with Crippen molar-refractivity contribution >= 4 is 5.97 Å². The zero-order valence-corrected chi connectivity index (χ0v) is 13.6. The summed E-state index contributed by atoms with van der Waals surface area (Å²) in [6.45, 7) is 10.5. The SMILES string of the molecule is CCCN(C)CCCCC(C)(NC(C)C)C(=O)OC. The van der Waals surface area contributed by atoms with Gasteiger partial charge < -0.3 is 9.64 Å². The summed E-state index contributed by atoms with van der Waals surface area (Å²) in [6.07, 6.45) is 4.14. The first-order valence-electron chi connectivity index (χ1n) is 7.40. The molecule has 0 aliphatic rings. The van der Waals surface area contributed by atoms with Gasteiger partial charge in [0.2, 0.25) is 0 Å². The van der Waals surface area contributed by atoms with Crippen LogP contribution in [0, 0.1) is 0 Å². The van der Waals surface area contributed by atoms with E-state index in [1.54, 1.807) is 0 Å². The van der Waals surface area contributed by atoms with Gasteiger partial charge in [-0.25, -0.2) is 0 Å². The number of unbranched alkanes of at least 4 members (excludes halogenated alkanes) is 1. The van der Waals surface area contributed by atoms with E-state index in [0.717, 1.165) is 32.4 Å². The van der Waals surface area contributed by atoms with E-state index in [2.05, 4.69) is 38.0 Å². The van der Waals surface area contributed by atoms with Crippen molar-refractivity contribution < 1.29 is 9.53 Å². The van der Waals surface area contributed by atoms with E-state index >= 15 is 0 Å². The zero-order chi connectivity index (χ0) is 14.9. The molecule has 0 radical (unpaired) electrons. The Morgan fingerprint density at radius 1 is 1.32 bits per heavy atom. The second-order valence-corrected chi connectivity index (χ2v) is 5.88. The van der Waals surface area contributed by atoms with Crippen molar-refractivity contribution in [2.45, 2.75) is 65.0 Å². The third-order valence-corrected chi connectivity index (χ3v) is 3.32. The average Bonchev–Trinajstić information content (AvgIpc) is 2.33. The molecule has 0 heterocycles. The lowest BCUT2D eigenvalue weighted by Gasteiger charge is -2.30. The van der Waals surface area contributed by atoms with Gasteiger partial charge in [-0.1, -0.05) is 6.92 Å². The van der Waals surface area contributed by atoms with Crippen LogP contribution in [0.25, 0.3) is 0 Å². The summed E-state index contributed by atoms with van der Waals surface area (Å²) < 4.78 is 4.92. The van der Waals surface area contributed by atoms with E-state index in [4.69, 9.17) is 4.74 Å². The summed E-state index contributed by atoms with van der Waals surface area (Å²) in [5.41, 5.74) is -0.563. The molecule has 114 valence electrons. The molecule has 0 rings (SSSR count). The standard InChI is InChI=1S/C15H32N2O2/c1-7-11-17(5)12-9-8-10-15(4,14(18)19-6)16-13(2)3/h13,16H,7-12H2,1-6H3. The number of carbonyl (C=O) groups excluding carboxylic acids is 1. The van der Waals surface area contributed by atoms with Crippen LogP contribution < -0.4 is 5.32 Å². The molecule has 1 N–H and O–H groups in total. The molecule has 4 heteroatoms. The highest BCUT2D eigenvalue weighted by molar-refractivity contribution is 5.80. The highest BCUT2D eigenvalue weighted by Gasteiger charge is 2.33. The number of ether oxygens (including phenoxy) is 1. The number of esters is 1. The maximum absolute atomic E-state index is 11.9. The fourth-order valence-electron chi connectivity index (χ4n) is 2.45. The average molecular weight is 272 g/mol. The molecular weight excluding hydrogens is 240 g/mol. The number of hydrogen-bond acceptors (Lipinski definition) is 4. The molecule has 4 nitrogen and oxygen atoms in total.